The van der Waals surface area contributed by atoms with Crippen LogP contribution in [-0.4, -0.2) is 49.7 Å². The van der Waals surface area contributed by atoms with E-state index in [-0.39, 0.29) is 0 Å². The predicted octanol–water partition coefficient (Wildman–Crippen LogP) is 2.39. The van der Waals surface area contributed by atoms with Crippen LogP contribution in [0.5, 0.6) is 5.75 Å². The van der Waals surface area contributed by atoms with E-state index in [9.17, 15) is 0 Å². The summed E-state index contributed by atoms with van der Waals surface area (Å²) in [4.78, 5) is 2.47. The van der Waals surface area contributed by atoms with Gasteiger partial charge in [-0.3, -0.25) is 4.90 Å². The number of rotatable bonds is 5. The highest BCUT2D eigenvalue weighted by molar-refractivity contribution is 7.99. The Labute approximate surface area is 120 Å². The van der Waals surface area contributed by atoms with Crippen LogP contribution in [0.15, 0.2) is 24.3 Å². The first-order valence-corrected chi connectivity index (χ1v) is 8.09. The number of hydrogen-bond donors (Lipinski definition) is 1. The Kier molecular flexibility index (Phi) is 5.55. The van der Waals surface area contributed by atoms with Crippen molar-refractivity contribution in [3.8, 4) is 5.75 Å². The first-order chi connectivity index (χ1) is 9.26. The molecule has 0 aromatic heterocycles. The van der Waals surface area contributed by atoms with Crippen LogP contribution in [0.25, 0.3) is 0 Å². The number of hydrogen-bond acceptors (Lipinski definition) is 4. The van der Waals surface area contributed by atoms with E-state index in [0.29, 0.717) is 12.1 Å². The molecule has 1 aliphatic rings. The van der Waals surface area contributed by atoms with Crippen molar-refractivity contribution in [3.63, 3.8) is 0 Å². The van der Waals surface area contributed by atoms with E-state index in [4.69, 9.17) is 4.74 Å². The van der Waals surface area contributed by atoms with Crippen LogP contribution >= 0.6 is 11.8 Å². The van der Waals surface area contributed by atoms with Crippen LogP contribution in [0.3, 0.4) is 0 Å². The van der Waals surface area contributed by atoms with Crippen LogP contribution in [0.4, 0.5) is 0 Å². The van der Waals surface area contributed by atoms with Gasteiger partial charge in [0, 0.05) is 30.1 Å². The Morgan fingerprint density at radius 1 is 1.42 bits per heavy atom. The maximum Gasteiger partial charge on any atom is 0.119 e. The first-order valence-electron chi connectivity index (χ1n) is 6.94. The second-order valence-corrected chi connectivity index (χ2v) is 6.04. The summed E-state index contributed by atoms with van der Waals surface area (Å²) in [5.74, 6) is 3.38. The van der Waals surface area contributed by atoms with Gasteiger partial charge in [-0.1, -0.05) is 12.1 Å². The van der Waals surface area contributed by atoms with E-state index in [0.717, 1.165) is 12.4 Å². The van der Waals surface area contributed by atoms with Crippen LogP contribution in [0.1, 0.15) is 18.5 Å². The summed E-state index contributed by atoms with van der Waals surface area (Å²) in [7, 11) is 4.28. The molecule has 2 atom stereocenters. The van der Waals surface area contributed by atoms with Gasteiger partial charge in [0.2, 0.25) is 0 Å². The van der Waals surface area contributed by atoms with Gasteiger partial charge >= 0.3 is 0 Å². The predicted molar refractivity (Wildman–Crippen MR) is 83.2 cm³/mol. The molecule has 0 amide bonds. The van der Waals surface area contributed by atoms with Gasteiger partial charge in [-0.05, 0) is 38.7 Å². The van der Waals surface area contributed by atoms with Gasteiger partial charge in [-0.25, -0.2) is 0 Å². The standard InChI is InChI=1S/C15H24N2OS/c1-4-18-13-7-5-12(6-8-13)15(16-2)14-11-19-10-9-17(14)3/h5-8,14-16H,4,9-11H2,1-3H3. The Balaban J connectivity index is 2.11. The summed E-state index contributed by atoms with van der Waals surface area (Å²) in [5.41, 5.74) is 1.34. The van der Waals surface area contributed by atoms with E-state index >= 15 is 0 Å². The molecule has 106 valence electrons. The van der Waals surface area contributed by atoms with Gasteiger partial charge < -0.3 is 10.1 Å². The van der Waals surface area contributed by atoms with E-state index in [1.54, 1.807) is 0 Å². The molecule has 0 spiro atoms. The summed E-state index contributed by atoms with van der Waals surface area (Å²) in [6.07, 6.45) is 0. The zero-order chi connectivity index (χ0) is 13.7. The van der Waals surface area contributed by atoms with E-state index in [1.807, 2.05) is 14.0 Å². The normalized spacial score (nSPS) is 22.2. The second kappa shape index (κ2) is 7.17. The van der Waals surface area contributed by atoms with E-state index in [2.05, 4.69) is 53.3 Å². The molecule has 0 saturated carbocycles. The molecular weight excluding hydrogens is 256 g/mol. The average Bonchev–Trinajstić information content (AvgIpc) is 2.44. The molecule has 19 heavy (non-hydrogen) atoms. The minimum atomic E-state index is 0.383. The smallest absolute Gasteiger partial charge is 0.119 e. The monoisotopic (exact) mass is 280 g/mol. The topological polar surface area (TPSA) is 24.5 Å². The number of ether oxygens (including phenoxy) is 1. The highest BCUT2D eigenvalue weighted by Gasteiger charge is 2.27. The quantitative estimate of drug-likeness (QED) is 0.895. The van der Waals surface area contributed by atoms with Crippen molar-refractivity contribution in [2.45, 2.75) is 19.0 Å². The number of benzene rings is 1. The fourth-order valence-corrected chi connectivity index (χ4v) is 3.85. The van der Waals surface area contributed by atoms with Gasteiger partial charge in [0.15, 0.2) is 0 Å². The molecule has 1 aliphatic heterocycles. The van der Waals surface area contributed by atoms with Crippen molar-refractivity contribution in [1.29, 1.82) is 0 Å². The first kappa shape index (κ1) is 14.7. The lowest BCUT2D eigenvalue weighted by molar-refractivity contribution is 0.221. The summed E-state index contributed by atoms with van der Waals surface area (Å²) in [6.45, 7) is 3.90. The zero-order valence-corrected chi connectivity index (χ0v) is 12.9. The van der Waals surface area contributed by atoms with Crippen molar-refractivity contribution < 1.29 is 4.74 Å². The maximum atomic E-state index is 5.51. The molecule has 1 aromatic carbocycles. The lowest BCUT2D eigenvalue weighted by Crippen LogP contribution is -2.47. The maximum absolute atomic E-state index is 5.51. The van der Waals surface area contributed by atoms with Gasteiger partial charge in [0.1, 0.15) is 5.75 Å². The number of thioether (sulfide) groups is 1. The molecule has 1 aromatic rings. The van der Waals surface area contributed by atoms with Gasteiger partial charge in [-0.2, -0.15) is 11.8 Å². The van der Waals surface area contributed by atoms with Crippen molar-refractivity contribution in [2.24, 2.45) is 0 Å². The number of nitrogens with zero attached hydrogens (tertiary/aromatic N) is 1. The third-order valence-electron chi connectivity index (χ3n) is 3.69. The molecular formula is C15H24N2OS. The largest absolute Gasteiger partial charge is 0.494 e. The van der Waals surface area contributed by atoms with Crippen LogP contribution < -0.4 is 10.1 Å². The van der Waals surface area contributed by atoms with Crippen molar-refractivity contribution in [2.75, 3.05) is 38.8 Å². The third kappa shape index (κ3) is 3.65. The lowest BCUT2D eigenvalue weighted by Gasteiger charge is -2.37. The summed E-state index contributed by atoms with van der Waals surface area (Å²) in [6, 6.07) is 9.44. The summed E-state index contributed by atoms with van der Waals surface area (Å²) in [5, 5.41) is 3.47. The molecule has 1 N–H and O–H groups in total. The Hall–Kier alpha value is -0.710. The molecule has 0 aliphatic carbocycles. The number of nitrogens with one attached hydrogen (secondary N) is 1. The molecule has 0 radical (unpaired) electrons. The SMILES string of the molecule is CCOc1ccc(C(NC)C2CSCCN2C)cc1. The molecule has 3 nitrogen and oxygen atoms in total. The van der Waals surface area contributed by atoms with Crippen molar-refractivity contribution in [3.05, 3.63) is 29.8 Å². The fourth-order valence-electron chi connectivity index (χ4n) is 2.58. The van der Waals surface area contributed by atoms with E-state index < -0.39 is 0 Å². The van der Waals surface area contributed by atoms with Gasteiger partial charge in [0.25, 0.3) is 0 Å². The molecule has 2 unspecified atom stereocenters. The molecule has 1 saturated heterocycles. The van der Waals surface area contributed by atoms with Gasteiger partial charge in [0.05, 0.1) is 6.61 Å². The Morgan fingerprint density at radius 3 is 2.74 bits per heavy atom. The number of likely N-dealkylation sites (N-methyl/N-ethyl adjacent to an activating group) is 2. The van der Waals surface area contributed by atoms with Crippen LogP contribution in [-0.2, 0) is 0 Å². The van der Waals surface area contributed by atoms with Gasteiger partial charge in [-0.15, -0.1) is 0 Å². The Bertz CT molecular complexity index is 382. The highest BCUT2D eigenvalue weighted by Crippen LogP contribution is 2.27. The average molecular weight is 280 g/mol. The van der Waals surface area contributed by atoms with Crippen LogP contribution in [0, 0.1) is 0 Å². The second-order valence-electron chi connectivity index (χ2n) is 4.89. The molecule has 2 rings (SSSR count). The molecule has 1 fully saturated rings. The van der Waals surface area contributed by atoms with E-state index in [1.165, 1.54) is 23.6 Å². The minimum absolute atomic E-state index is 0.383. The molecule has 1 heterocycles. The summed E-state index contributed by atoms with van der Waals surface area (Å²) >= 11 is 2.05. The third-order valence-corrected chi connectivity index (χ3v) is 4.74. The Morgan fingerprint density at radius 2 is 2.16 bits per heavy atom. The van der Waals surface area contributed by atoms with Crippen molar-refractivity contribution in [1.82, 2.24) is 10.2 Å². The molecule has 0 bridgehead atoms. The highest BCUT2D eigenvalue weighted by atomic mass is 32.2. The lowest BCUT2D eigenvalue weighted by atomic mass is 9.99. The summed E-state index contributed by atoms with van der Waals surface area (Å²) < 4.78 is 5.51. The van der Waals surface area contributed by atoms with Crippen LogP contribution in [0.2, 0.25) is 0 Å². The minimum Gasteiger partial charge on any atom is -0.494 e. The van der Waals surface area contributed by atoms with Crippen molar-refractivity contribution >= 4 is 11.8 Å². The zero-order valence-electron chi connectivity index (χ0n) is 12.1. The molecule has 4 heteroatoms. The fraction of sp³-hybridized carbons (Fsp3) is 0.600.